The molecular formula is C19H21NO3S2. The molecule has 0 bridgehead atoms. The number of carbonyl (C=O) groups is 1. The summed E-state index contributed by atoms with van der Waals surface area (Å²) in [5.74, 6) is 3.00. The Morgan fingerprint density at radius 2 is 1.76 bits per heavy atom. The molecule has 0 radical (unpaired) electrons. The summed E-state index contributed by atoms with van der Waals surface area (Å²) in [5, 5.41) is 2.97. The second-order valence-corrected chi connectivity index (χ2v) is 7.68. The van der Waals surface area contributed by atoms with Crippen molar-refractivity contribution >= 4 is 29.4 Å². The fourth-order valence-electron chi connectivity index (χ4n) is 2.32. The Bertz CT molecular complexity index is 694. The monoisotopic (exact) mass is 375 g/mol. The Morgan fingerprint density at radius 1 is 0.960 bits per heavy atom. The first-order valence-corrected chi connectivity index (χ1v) is 10.3. The first-order chi connectivity index (χ1) is 12.3. The standard InChI is InChI=1S/C19H21NO3S2/c21-19(20-9-4-12-24-15-5-2-1-3-6-15)14-25-16-7-8-17-18(13-16)23-11-10-22-17/h1-3,5-8,13H,4,9-12,14H2,(H,20,21). The summed E-state index contributed by atoms with van der Waals surface area (Å²) in [6, 6.07) is 16.1. The molecular weight excluding hydrogens is 354 g/mol. The van der Waals surface area contributed by atoms with E-state index in [1.54, 1.807) is 0 Å². The lowest BCUT2D eigenvalue weighted by Crippen LogP contribution is -2.26. The van der Waals surface area contributed by atoms with Crippen LogP contribution in [-0.2, 0) is 4.79 Å². The largest absolute Gasteiger partial charge is 0.486 e. The number of rotatable bonds is 8. The second-order valence-electron chi connectivity index (χ2n) is 5.46. The van der Waals surface area contributed by atoms with Crippen molar-refractivity contribution in [1.82, 2.24) is 5.32 Å². The van der Waals surface area contributed by atoms with Crippen LogP contribution in [0.3, 0.4) is 0 Å². The molecule has 0 saturated carbocycles. The molecule has 1 N–H and O–H groups in total. The minimum absolute atomic E-state index is 0.0598. The van der Waals surface area contributed by atoms with Crippen molar-refractivity contribution in [2.75, 3.05) is 31.3 Å². The summed E-state index contributed by atoms with van der Waals surface area (Å²) in [4.78, 5) is 14.2. The van der Waals surface area contributed by atoms with Gasteiger partial charge in [-0.05, 0) is 42.5 Å². The molecule has 0 fully saturated rings. The highest BCUT2D eigenvalue weighted by Crippen LogP contribution is 2.34. The Balaban J connectivity index is 1.31. The second kappa shape index (κ2) is 9.63. The third-order valence-corrected chi connectivity index (χ3v) is 5.63. The van der Waals surface area contributed by atoms with E-state index < -0.39 is 0 Å². The SMILES string of the molecule is O=C(CSc1ccc2c(c1)OCCO2)NCCCSc1ccccc1. The van der Waals surface area contributed by atoms with Crippen LogP contribution >= 0.6 is 23.5 Å². The molecule has 132 valence electrons. The molecule has 0 aliphatic carbocycles. The van der Waals surface area contributed by atoms with Crippen LogP contribution in [-0.4, -0.2) is 37.2 Å². The van der Waals surface area contributed by atoms with Crippen LogP contribution in [0.15, 0.2) is 58.3 Å². The van der Waals surface area contributed by atoms with Crippen molar-refractivity contribution in [3.63, 3.8) is 0 Å². The van der Waals surface area contributed by atoms with Gasteiger partial charge in [-0.1, -0.05) is 18.2 Å². The van der Waals surface area contributed by atoms with Crippen molar-refractivity contribution in [1.29, 1.82) is 0 Å². The molecule has 0 saturated heterocycles. The smallest absolute Gasteiger partial charge is 0.230 e. The number of amides is 1. The van der Waals surface area contributed by atoms with Gasteiger partial charge in [-0.3, -0.25) is 4.79 Å². The van der Waals surface area contributed by atoms with Crippen LogP contribution in [0.25, 0.3) is 0 Å². The zero-order chi connectivity index (χ0) is 17.3. The number of carbonyl (C=O) groups excluding carboxylic acids is 1. The van der Waals surface area contributed by atoms with E-state index >= 15 is 0 Å². The van der Waals surface area contributed by atoms with Crippen molar-refractivity contribution in [2.45, 2.75) is 16.2 Å². The molecule has 0 atom stereocenters. The van der Waals surface area contributed by atoms with Crippen molar-refractivity contribution in [2.24, 2.45) is 0 Å². The summed E-state index contributed by atoms with van der Waals surface area (Å²) < 4.78 is 11.1. The third-order valence-electron chi connectivity index (χ3n) is 3.54. The maximum atomic E-state index is 11.9. The van der Waals surface area contributed by atoms with E-state index in [-0.39, 0.29) is 5.91 Å². The van der Waals surface area contributed by atoms with Crippen LogP contribution in [0, 0.1) is 0 Å². The average molecular weight is 376 g/mol. The lowest BCUT2D eigenvalue weighted by molar-refractivity contribution is -0.118. The number of ether oxygens (including phenoxy) is 2. The van der Waals surface area contributed by atoms with E-state index in [1.807, 2.05) is 48.2 Å². The molecule has 1 aliphatic heterocycles. The van der Waals surface area contributed by atoms with Crippen LogP contribution in [0.4, 0.5) is 0 Å². The van der Waals surface area contributed by atoms with Gasteiger partial charge in [0.2, 0.25) is 5.91 Å². The van der Waals surface area contributed by atoms with Crippen LogP contribution in [0.5, 0.6) is 11.5 Å². The molecule has 1 amide bonds. The summed E-state index contributed by atoms with van der Waals surface area (Å²) in [6.45, 7) is 1.87. The van der Waals surface area contributed by atoms with Crippen molar-refractivity contribution in [3.8, 4) is 11.5 Å². The van der Waals surface area contributed by atoms with Gasteiger partial charge in [0, 0.05) is 16.3 Å². The van der Waals surface area contributed by atoms with E-state index in [9.17, 15) is 4.79 Å². The van der Waals surface area contributed by atoms with Crippen LogP contribution < -0.4 is 14.8 Å². The zero-order valence-corrected chi connectivity index (χ0v) is 15.5. The first-order valence-electron chi connectivity index (χ1n) is 8.28. The fourth-order valence-corrected chi connectivity index (χ4v) is 3.95. The molecule has 0 aromatic heterocycles. The van der Waals surface area contributed by atoms with Gasteiger partial charge in [-0.2, -0.15) is 0 Å². The summed E-state index contributed by atoms with van der Waals surface area (Å²) in [6.07, 6.45) is 0.958. The minimum atomic E-state index is 0.0598. The van der Waals surface area contributed by atoms with Crippen LogP contribution in [0.2, 0.25) is 0 Å². The maximum Gasteiger partial charge on any atom is 0.230 e. The normalized spacial score (nSPS) is 12.6. The quantitative estimate of drug-likeness (QED) is 0.561. The summed E-state index contributed by atoms with van der Waals surface area (Å²) in [5.41, 5.74) is 0. The molecule has 4 nitrogen and oxygen atoms in total. The van der Waals surface area contributed by atoms with Gasteiger partial charge in [-0.25, -0.2) is 0 Å². The number of hydrogen-bond acceptors (Lipinski definition) is 5. The van der Waals surface area contributed by atoms with Gasteiger partial charge in [-0.15, -0.1) is 23.5 Å². The predicted octanol–water partition coefficient (Wildman–Crippen LogP) is 3.85. The lowest BCUT2D eigenvalue weighted by atomic mass is 10.3. The lowest BCUT2D eigenvalue weighted by Gasteiger charge is -2.18. The number of nitrogens with one attached hydrogen (secondary N) is 1. The first kappa shape index (κ1) is 18.0. The van der Waals surface area contributed by atoms with Crippen LogP contribution in [0.1, 0.15) is 6.42 Å². The molecule has 1 aliphatic rings. The topological polar surface area (TPSA) is 47.6 Å². The molecule has 2 aromatic carbocycles. The number of benzene rings is 2. The van der Waals surface area contributed by atoms with E-state index in [2.05, 4.69) is 17.4 Å². The van der Waals surface area contributed by atoms with Crippen molar-refractivity contribution in [3.05, 3.63) is 48.5 Å². The Labute approximate surface area is 156 Å². The zero-order valence-electron chi connectivity index (χ0n) is 13.9. The highest BCUT2D eigenvalue weighted by Gasteiger charge is 2.12. The van der Waals surface area contributed by atoms with Crippen molar-refractivity contribution < 1.29 is 14.3 Å². The van der Waals surface area contributed by atoms with Gasteiger partial charge < -0.3 is 14.8 Å². The number of thioether (sulfide) groups is 2. The molecule has 1 heterocycles. The minimum Gasteiger partial charge on any atom is -0.486 e. The molecule has 0 spiro atoms. The fraction of sp³-hybridized carbons (Fsp3) is 0.316. The average Bonchev–Trinajstić information content (AvgIpc) is 2.67. The number of hydrogen-bond donors (Lipinski definition) is 1. The van der Waals surface area contributed by atoms with E-state index in [1.165, 1.54) is 16.7 Å². The Morgan fingerprint density at radius 3 is 2.60 bits per heavy atom. The summed E-state index contributed by atoms with van der Waals surface area (Å²) in [7, 11) is 0. The molecule has 6 heteroatoms. The van der Waals surface area contributed by atoms with Gasteiger partial charge in [0.25, 0.3) is 0 Å². The predicted molar refractivity (Wildman–Crippen MR) is 103 cm³/mol. The van der Waals surface area contributed by atoms with Gasteiger partial charge in [0.15, 0.2) is 11.5 Å². The Hall–Kier alpha value is -1.79. The molecule has 25 heavy (non-hydrogen) atoms. The molecule has 3 rings (SSSR count). The third kappa shape index (κ3) is 5.90. The maximum absolute atomic E-state index is 11.9. The summed E-state index contributed by atoms with van der Waals surface area (Å²) >= 11 is 3.32. The Kier molecular flexibility index (Phi) is 6.94. The highest BCUT2D eigenvalue weighted by molar-refractivity contribution is 8.00. The molecule has 0 unspecified atom stereocenters. The van der Waals surface area contributed by atoms with E-state index in [0.29, 0.717) is 25.5 Å². The van der Waals surface area contributed by atoms with E-state index in [4.69, 9.17) is 9.47 Å². The highest BCUT2D eigenvalue weighted by atomic mass is 32.2. The van der Waals surface area contributed by atoms with Gasteiger partial charge in [0.1, 0.15) is 13.2 Å². The number of fused-ring (bicyclic) bond motifs is 1. The van der Waals surface area contributed by atoms with Gasteiger partial charge in [0.05, 0.1) is 5.75 Å². The molecule has 2 aromatic rings. The van der Waals surface area contributed by atoms with E-state index in [0.717, 1.165) is 28.6 Å². The van der Waals surface area contributed by atoms with Gasteiger partial charge >= 0.3 is 0 Å².